The van der Waals surface area contributed by atoms with Crippen molar-refractivity contribution in [3.63, 3.8) is 0 Å². The van der Waals surface area contributed by atoms with Gasteiger partial charge in [0.25, 0.3) is 0 Å². The predicted molar refractivity (Wildman–Crippen MR) is 111 cm³/mol. The van der Waals surface area contributed by atoms with Gasteiger partial charge in [-0.15, -0.1) is 0 Å². The van der Waals surface area contributed by atoms with Crippen LogP contribution in [-0.4, -0.2) is 21.5 Å². The average molecular weight is 362 g/mol. The van der Waals surface area contributed by atoms with Crippen LogP contribution in [0.2, 0.25) is 0 Å². The molecule has 0 unspecified atom stereocenters. The number of hydrogen-bond donors (Lipinski definition) is 3. The van der Waals surface area contributed by atoms with Crippen LogP contribution < -0.4 is 16.8 Å². The van der Waals surface area contributed by atoms with Gasteiger partial charge >= 0.3 is 0 Å². The van der Waals surface area contributed by atoms with Crippen LogP contribution in [0.25, 0.3) is 11.3 Å². The molecule has 27 heavy (non-hydrogen) atoms. The lowest BCUT2D eigenvalue weighted by Gasteiger charge is -2.19. The summed E-state index contributed by atoms with van der Waals surface area (Å²) in [4.78, 5) is 13.3. The first-order valence-corrected chi connectivity index (χ1v) is 9.02. The number of anilines is 3. The number of aromatic nitrogens is 3. The van der Waals surface area contributed by atoms with E-state index in [0.717, 1.165) is 34.9 Å². The van der Waals surface area contributed by atoms with E-state index in [2.05, 4.69) is 42.1 Å². The molecule has 0 saturated carbocycles. The highest BCUT2D eigenvalue weighted by Crippen LogP contribution is 2.27. The Balaban J connectivity index is 1.97. The SMILES string of the molecule is CC(C)(C)c1ccnc(Nc2ccc(CCN)c(-c3ccnc(N)c3)n2)c1. The van der Waals surface area contributed by atoms with Crippen LogP contribution in [0, 0.1) is 0 Å². The van der Waals surface area contributed by atoms with Gasteiger partial charge in [-0.2, -0.15) is 0 Å². The Labute approximate surface area is 160 Å². The fourth-order valence-electron chi connectivity index (χ4n) is 2.86. The zero-order valence-electron chi connectivity index (χ0n) is 16.0. The van der Waals surface area contributed by atoms with E-state index in [1.165, 1.54) is 5.56 Å². The van der Waals surface area contributed by atoms with Gasteiger partial charge in [0.2, 0.25) is 0 Å². The molecular formula is C21H26N6. The maximum Gasteiger partial charge on any atom is 0.132 e. The van der Waals surface area contributed by atoms with Crippen LogP contribution in [0.15, 0.2) is 48.8 Å². The highest BCUT2D eigenvalue weighted by Gasteiger charge is 2.15. The predicted octanol–water partition coefficient (Wildman–Crippen LogP) is 3.66. The van der Waals surface area contributed by atoms with E-state index in [9.17, 15) is 0 Å². The molecule has 6 nitrogen and oxygen atoms in total. The molecule has 6 heteroatoms. The van der Waals surface area contributed by atoms with Crippen molar-refractivity contribution in [1.29, 1.82) is 0 Å². The fourth-order valence-corrected chi connectivity index (χ4v) is 2.86. The summed E-state index contributed by atoms with van der Waals surface area (Å²) < 4.78 is 0. The van der Waals surface area contributed by atoms with E-state index >= 15 is 0 Å². The molecule has 3 heterocycles. The second-order valence-corrected chi connectivity index (χ2v) is 7.52. The minimum absolute atomic E-state index is 0.0531. The van der Waals surface area contributed by atoms with Crippen molar-refractivity contribution >= 4 is 17.5 Å². The lowest BCUT2D eigenvalue weighted by atomic mass is 9.88. The second kappa shape index (κ2) is 7.72. The molecule has 0 bridgehead atoms. The number of hydrogen-bond acceptors (Lipinski definition) is 6. The summed E-state index contributed by atoms with van der Waals surface area (Å²) in [5.74, 6) is 1.95. The Kier molecular flexibility index (Phi) is 5.37. The van der Waals surface area contributed by atoms with Gasteiger partial charge in [-0.25, -0.2) is 15.0 Å². The molecule has 3 aromatic rings. The van der Waals surface area contributed by atoms with Crippen molar-refractivity contribution in [3.05, 3.63) is 59.9 Å². The molecule has 0 aliphatic heterocycles. The first kappa shape index (κ1) is 18.8. The third kappa shape index (κ3) is 4.60. The van der Waals surface area contributed by atoms with E-state index in [1.807, 2.05) is 36.5 Å². The van der Waals surface area contributed by atoms with Gasteiger partial charge in [0.05, 0.1) is 5.69 Å². The van der Waals surface area contributed by atoms with Crippen LogP contribution in [-0.2, 0) is 11.8 Å². The fraction of sp³-hybridized carbons (Fsp3) is 0.286. The van der Waals surface area contributed by atoms with E-state index in [4.69, 9.17) is 16.5 Å². The van der Waals surface area contributed by atoms with Crippen LogP contribution in [0.3, 0.4) is 0 Å². The molecule has 0 amide bonds. The lowest BCUT2D eigenvalue weighted by Crippen LogP contribution is -2.11. The standard InChI is InChI=1S/C21H26N6/c1-21(2,3)16-8-11-25-19(13-16)26-18-5-4-14(6-9-22)20(27-18)15-7-10-24-17(23)12-15/h4-5,7-8,10-13H,6,9,22H2,1-3H3,(H2,23,24)(H,25,26,27). The highest BCUT2D eigenvalue weighted by molar-refractivity contribution is 5.68. The van der Waals surface area contributed by atoms with Gasteiger partial charge in [-0.3, -0.25) is 0 Å². The van der Waals surface area contributed by atoms with Crippen LogP contribution in [0.4, 0.5) is 17.5 Å². The molecule has 0 fully saturated rings. The zero-order chi connectivity index (χ0) is 19.4. The molecule has 0 radical (unpaired) electrons. The van der Waals surface area contributed by atoms with Gasteiger partial charge in [0.15, 0.2) is 0 Å². The number of nitrogens with zero attached hydrogens (tertiary/aromatic N) is 3. The van der Waals surface area contributed by atoms with Crippen LogP contribution in [0.5, 0.6) is 0 Å². The van der Waals surface area contributed by atoms with E-state index < -0.39 is 0 Å². The molecule has 3 rings (SSSR count). The molecule has 0 spiro atoms. The zero-order valence-corrected chi connectivity index (χ0v) is 16.0. The number of pyridine rings is 3. The second-order valence-electron chi connectivity index (χ2n) is 7.52. The molecule has 3 aromatic heterocycles. The summed E-state index contributed by atoms with van der Waals surface area (Å²) >= 11 is 0. The molecule has 0 aliphatic carbocycles. The largest absolute Gasteiger partial charge is 0.384 e. The minimum Gasteiger partial charge on any atom is -0.384 e. The Morgan fingerprint density at radius 2 is 1.74 bits per heavy atom. The number of nitrogen functional groups attached to an aromatic ring is 1. The summed E-state index contributed by atoms with van der Waals surface area (Å²) in [6.45, 7) is 7.09. The smallest absolute Gasteiger partial charge is 0.132 e. The summed E-state index contributed by atoms with van der Waals surface area (Å²) in [6, 6.07) is 11.8. The van der Waals surface area contributed by atoms with E-state index in [0.29, 0.717) is 12.4 Å². The van der Waals surface area contributed by atoms with Crippen molar-refractivity contribution in [2.45, 2.75) is 32.6 Å². The third-order valence-electron chi connectivity index (χ3n) is 4.33. The average Bonchev–Trinajstić information content (AvgIpc) is 2.63. The first-order chi connectivity index (χ1) is 12.9. The molecule has 140 valence electrons. The van der Waals surface area contributed by atoms with E-state index in [1.54, 1.807) is 6.20 Å². The highest BCUT2D eigenvalue weighted by atomic mass is 15.1. The number of nitrogens with two attached hydrogens (primary N) is 2. The van der Waals surface area contributed by atoms with Crippen molar-refractivity contribution in [2.75, 3.05) is 17.6 Å². The Hall–Kier alpha value is -2.99. The monoisotopic (exact) mass is 362 g/mol. The molecule has 5 N–H and O–H groups in total. The molecule has 0 aliphatic rings. The van der Waals surface area contributed by atoms with Crippen molar-refractivity contribution < 1.29 is 0 Å². The van der Waals surface area contributed by atoms with Gasteiger partial charge < -0.3 is 16.8 Å². The topological polar surface area (TPSA) is 103 Å². The Morgan fingerprint density at radius 1 is 0.963 bits per heavy atom. The van der Waals surface area contributed by atoms with Gasteiger partial charge in [-0.05, 0) is 59.8 Å². The molecular weight excluding hydrogens is 336 g/mol. The van der Waals surface area contributed by atoms with Crippen molar-refractivity contribution in [3.8, 4) is 11.3 Å². The normalized spacial score (nSPS) is 11.4. The summed E-state index contributed by atoms with van der Waals surface area (Å²) in [7, 11) is 0. The number of rotatable bonds is 5. The number of nitrogens with one attached hydrogen (secondary N) is 1. The van der Waals surface area contributed by atoms with Crippen molar-refractivity contribution in [2.24, 2.45) is 5.73 Å². The maximum atomic E-state index is 5.85. The first-order valence-electron chi connectivity index (χ1n) is 9.02. The quantitative estimate of drug-likeness (QED) is 0.640. The van der Waals surface area contributed by atoms with Gasteiger partial charge in [0, 0.05) is 18.0 Å². The molecule has 0 aromatic carbocycles. The van der Waals surface area contributed by atoms with E-state index in [-0.39, 0.29) is 5.41 Å². The van der Waals surface area contributed by atoms with Gasteiger partial charge in [-0.1, -0.05) is 26.8 Å². The molecule has 0 saturated heterocycles. The van der Waals surface area contributed by atoms with Crippen LogP contribution in [0.1, 0.15) is 31.9 Å². The third-order valence-corrected chi connectivity index (χ3v) is 4.33. The molecule has 0 atom stereocenters. The van der Waals surface area contributed by atoms with Crippen LogP contribution >= 0.6 is 0 Å². The summed E-state index contributed by atoms with van der Waals surface area (Å²) in [5.41, 5.74) is 15.7. The minimum atomic E-state index is 0.0531. The maximum absolute atomic E-state index is 5.85. The van der Waals surface area contributed by atoms with Gasteiger partial charge in [0.1, 0.15) is 17.5 Å². The lowest BCUT2D eigenvalue weighted by molar-refractivity contribution is 0.589. The van der Waals surface area contributed by atoms with Crippen molar-refractivity contribution in [1.82, 2.24) is 15.0 Å². The summed E-state index contributed by atoms with van der Waals surface area (Å²) in [6.07, 6.45) is 4.24. The summed E-state index contributed by atoms with van der Waals surface area (Å²) in [5, 5.41) is 3.31. The Morgan fingerprint density at radius 3 is 2.44 bits per heavy atom. The Bertz CT molecular complexity index is 930.